The maximum atomic E-state index is 12.1. The van der Waals surface area contributed by atoms with E-state index in [1.165, 1.54) is 0 Å². The summed E-state index contributed by atoms with van der Waals surface area (Å²) in [7, 11) is 1.90. The molecule has 5 nitrogen and oxygen atoms in total. The van der Waals surface area contributed by atoms with Gasteiger partial charge in [0.15, 0.2) is 0 Å². The van der Waals surface area contributed by atoms with Gasteiger partial charge in [0.2, 0.25) is 5.91 Å². The van der Waals surface area contributed by atoms with Gasteiger partial charge >= 0.3 is 0 Å². The van der Waals surface area contributed by atoms with Crippen molar-refractivity contribution in [1.82, 2.24) is 9.88 Å². The number of carbonyl (C=O) groups excluding carboxylic acids is 1. The van der Waals surface area contributed by atoms with Crippen molar-refractivity contribution in [1.29, 1.82) is 0 Å². The van der Waals surface area contributed by atoms with Gasteiger partial charge in [0.1, 0.15) is 11.6 Å². The molecule has 1 heterocycles. The normalized spacial score (nSPS) is 10.9. The Labute approximate surface area is 151 Å². The van der Waals surface area contributed by atoms with Crippen LogP contribution in [0.15, 0.2) is 47.1 Å². The van der Waals surface area contributed by atoms with Gasteiger partial charge in [0.05, 0.1) is 12.6 Å². The van der Waals surface area contributed by atoms with Crippen LogP contribution in [0.2, 0.25) is 0 Å². The molecule has 6 heteroatoms. The van der Waals surface area contributed by atoms with Crippen LogP contribution in [0.4, 0.5) is 5.82 Å². The Morgan fingerprint density at radius 3 is 2.71 bits per heavy atom. The van der Waals surface area contributed by atoms with E-state index in [1.54, 1.807) is 12.3 Å². The second kappa shape index (κ2) is 8.80. The molecule has 0 bridgehead atoms. The van der Waals surface area contributed by atoms with Gasteiger partial charge in [-0.3, -0.25) is 9.69 Å². The smallest absolute Gasteiger partial charge is 0.239 e. The first-order chi connectivity index (χ1) is 11.4. The third-order valence-corrected chi connectivity index (χ3v) is 3.65. The highest BCUT2D eigenvalue weighted by Gasteiger charge is 2.11. The summed E-state index contributed by atoms with van der Waals surface area (Å²) in [6.07, 6.45) is 1.77. The van der Waals surface area contributed by atoms with Crippen LogP contribution in [0.5, 0.6) is 5.75 Å². The molecule has 0 saturated carbocycles. The summed E-state index contributed by atoms with van der Waals surface area (Å²) in [5.74, 6) is 1.30. The molecule has 0 aliphatic heterocycles. The van der Waals surface area contributed by atoms with Crippen molar-refractivity contribution in [3.63, 3.8) is 0 Å². The Bertz CT molecular complexity index is 674. The van der Waals surface area contributed by atoms with Gasteiger partial charge in [0.25, 0.3) is 0 Å². The first-order valence-corrected chi connectivity index (χ1v) is 8.58. The number of nitrogens with one attached hydrogen (secondary N) is 1. The number of hydrogen-bond acceptors (Lipinski definition) is 4. The van der Waals surface area contributed by atoms with Crippen molar-refractivity contribution < 1.29 is 9.53 Å². The predicted molar refractivity (Wildman–Crippen MR) is 99.1 cm³/mol. The van der Waals surface area contributed by atoms with Gasteiger partial charge in [-0.15, -0.1) is 0 Å². The van der Waals surface area contributed by atoms with Gasteiger partial charge in [-0.1, -0.05) is 18.2 Å². The number of amides is 1. The zero-order chi connectivity index (χ0) is 17.5. The molecule has 1 amide bonds. The van der Waals surface area contributed by atoms with Crippen molar-refractivity contribution in [2.24, 2.45) is 0 Å². The molecule has 0 radical (unpaired) electrons. The lowest BCUT2D eigenvalue weighted by Crippen LogP contribution is -2.30. The summed E-state index contributed by atoms with van der Waals surface area (Å²) in [5.41, 5.74) is 1.06. The molecule has 24 heavy (non-hydrogen) atoms. The molecule has 2 rings (SSSR count). The summed E-state index contributed by atoms with van der Waals surface area (Å²) >= 11 is 3.32. The monoisotopic (exact) mass is 391 g/mol. The molecular formula is C18H22BrN3O2. The molecule has 1 aromatic carbocycles. The number of aromatic nitrogens is 1. The second-order valence-corrected chi connectivity index (χ2v) is 6.77. The molecule has 0 spiro atoms. The van der Waals surface area contributed by atoms with Crippen LogP contribution in [0.3, 0.4) is 0 Å². The fraction of sp³-hybridized carbons (Fsp3) is 0.333. The molecule has 128 valence electrons. The third kappa shape index (κ3) is 5.94. The fourth-order valence-electron chi connectivity index (χ4n) is 2.23. The Morgan fingerprint density at radius 1 is 1.29 bits per heavy atom. The van der Waals surface area contributed by atoms with Crippen molar-refractivity contribution in [3.05, 3.63) is 52.6 Å². The highest BCUT2D eigenvalue weighted by molar-refractivity contribution is 9.10. The average molecular weight is 392 g/mol. The number of likely N-dealkylation sites (N-methyl/N-ethyl adjacent to an activating group) is 1. The number of hydrogen-bond donors (Lipinski definition) is 1. The number of anilines is 1. The standard InChI is InChI=1S/C18H22BrN3O2/c1-13(2)24-16-7-5-4-6-14(16)11-22(3)12-18(23)21-17-9-8-15(19)10-20-17/h4-10,13H,11-12H2,1-3H3,(H,20,21,23). The van der Waals surface area contributed by atoms with Crippen LogP contribution in [-0.2, 0) is 11.3 Å². The summed E-state index contributed by atoms with van der Waals surface area (Å²) in [4.78, 5) is 18.2. The Hall–Kier alpha value is -1.92. The van der Waals surface area contributed by atoms with Crippen LogP contribution >= 0.6 is 15.9 Å². The molecule has 0 fully saturated rings. The van der Waals surface area contributed by atoms with E-state index in [9.17, 15) is 4.79 Å². The highest BCUT2D eigenvalue weighted by Crippen LogP contribution is 2.20. The van der Waals surface area contributed by atoms with Crippen LogP contribution in [0.25, 0.3) is 0 Å². The van der Waals surface area contributed by atoms with E-state index in [4.69, 9.17) is 4.74 Å². The highest BCUT2D eigenvalue weighted by atomic mass is 79.9. The first-order valence-electron chi connectivity index (χ1n) is 7.78. The molecule has 1 N–H and O–H groups in total. The molecule has 0 saturated heterocycles. The van der Waals surface area contributed by atoms with E-state index in [1.807, 2.05) is 56.1 Å². The minimum Gasteiger partial charge on any atom is -0.491 e. The van der Waals surface area contributed by atoms with Gasteiger partial charge in [-0.25, -0.2) is 4.98 Å². The third-order valence-electron chi connectivity index (χ3n) is 3.18. The number of para-hydroxylation sites is 1. The number of carbonyl (C=O) groups is 1. The van der Waals surface area contributed by atoms with Crippen LogP contribution in [0, 0.1) is 0 Å². The van der Waals surface area contributed by atoms with Gasteiger partial charge in [0, 0.05) is 22.8 Å². The molecule has 0 unspecified atom stereocenters. The average Bonchev–Trinajstić information content (AvgIpc) is 2.51. The van der Waals surface area contributed by atoms with Crippen LogP contribution in [0.1, 0.15) is 19.4 Å². The number of nitrogens with zero attached hydrogens (tertiary/aromatic N) is 2. The maximum Gasteiger partial charge on any atom is 0.239 e. The summed E-state index contributed by atoms with van der Waals surface area (Å²) in [6, 6.07) is 11.5. The van der Waals surface area contributed by atoms with E-state index >= 15 is 0 Å². The maximum absolute atomic E-state index is 12.1. The Balaban J connectivity index is 1.92. The zero-order valence-corrected chi connectivity index (χ0v) is 15.7. The predicted octanol–water partition coefficient (Wildman–Crippen LogP) is 3.70. The first kappa shape index (κ1) is 18.4. The van der Waals surface area contributed by atoms with Crippen molar-refractivity contribution >= 4 is 27.7 Å². The quantitative estimate of drug-likeness (QED) is 0.781. The van der Waals surface area contributed by atoms with E-state index in [-0.39, 0.29) is 18.6 Å². The minimum absolute atomic E-state index is 0.102. The topological polar surface area (TPSA) is 54.5 Å². The van der Waals surface area contributed by atoms with Crippen LogP contribution in [-0.4, -0.2) is 35.5 Å². The SMILES string of the molecule is CC(C)Oc1ccccc1CN(C)CC(=O)Nc1ccc(Br)cn1. The Kier molecular flexibility index (Phi) is 6.75. The van der Waals surface area contributed by atoms with Crippen molar-refractivity contribution in [3.8, 4) is 5.75 Å². The lowest BCUT2D eigenvalue weighted by Gasteiger charge is -2.19. The Morgan fingerprint density at radius 2 is 2.04 bits per heavy atom. The summed E-state index contributed by atoms with van der Waals surface area (Å²) in [6.45, 7) is 4.90. The van der Waals surface area contributed by atoms with Gasteiger partial charge in [-0.2, -0.15) is 0 Å². The number of benzene rings is 1. The summed E-state index contributed by atoms with van der Waals surface area (Å²) < 4.78 is 6.69. The summed E-state index contributed by atoms with van der Waals surface area (Å²) in [5, 5.41) is 2.79. The largest absolute Gasteiger partial charge is 0.491 e. The van der Waals surface area contributed by atoms with E-state index in [2.05, 4.69) is 26.2 Å². The van der Waals surface area contributed by atoms with E-state index in [0.29, 0.717) is 12.4 Å². The van der Waals surface area contributed by atoms with Gasteiger partial charge < -0.3 is 10.1 Å². The molecule has 1 aromatic heterocycles. The molecule has 0 atom stereocenters. The fourth-order valence-corrected chi connectivity index (χ4v) is 2.46. The minimum atomic E-state index is -0.102. The number of rotatable bonds is 7. The lowest BCUT2D eigenvalue weighted by molar-refractivity contribution is -0.117. The van der Waals surface area contributed by atoms with E-state index < -0.39 is 0 Å². The number of halogens is 1. The van der Waals surface area contributed by atoms with E-state index in [0.717, 1.165) is 15.8 Å². The van der Waals surface area contributed by atoms with Crippen molar-refractivity contribution in [2.45, 2.75) is 26.5 Å². The molecule has 2 aromatic rings. The molecular weight excluding hydrogens is 370 g/mol. The van der Waals surface area contributed by atoms with Gasteiger partial charge in [-0.05, 0) is 55.0 Å². The molecule has 0 aliphatic carbocycles. The zero-order valence-electron chi connectivity index (χ0n) is 14.1. The van der Waals surface area contributed by atoms with Crippen molar-refractivity contribution in [2.75, 3.05) is 18.9 Å². The van der Waals surface area contributed by atoms with Crippen LogP contribution < -0.4 is 10.1 Å². The molecule has 0 aliphatic rings. The number of ether oxygens (including phenoxy) is 1. The number of pyridine rings is 1. The second-order valence-electron chi connectivity index (χ2n) is 5.86. The lowest BCUT2D eigenvalue weighted by atomic mass is 10.2.